The summed E-state index contributed by atoms with van der Waals surface area (Å²) in [5.41, 5.74) is 9.56. The minimum atomic E-state index is 0.380. The summed E-state index contributed by atoms with van der Waals surface area (Å²) in [4.78, 5) is 22.0. The van der Waals surface area contributed by atoms with Gasteiger partial charge in [-0.15, -0.1) is 0 Å². The first kappa shape index (κ1) is 28.2. The van der Waals surface area contributed by atoms with Gasteiger partial charge in [-0.2, -0.15) is 0 Å². The summed E-state index contributed by atoms with van der Waals surface area (Å²) in [6.45, 7) is 12.1. The lowest BCUT2D eigenvalue weighted by Crippen LogP contribution is -2.38. The first-order valence-electron chi connectivity index (χ1n) is 12.5. The molecule has 38 heavy (non-hydrogen) atoms. The number of aliphatic imine (C=N–C) groups is 2. The van der Waals surface area contributed by atoms with Crippen molar-refractivity contribution >= 4 is 79.1 Å². The molecule has 3 aromatic rings. The average Bonchev–Trinajstić information content (AvgIpc) is 3.53. The Morgan fingerprint density at radius 3 is 2.00 bits per heavy atom. The van der Waals surface area contributed by atoms with Crippen LogP contribution in [0.4, 0.5) is 17.1 Å². The maximum atomic E-state index is 6.14. The van der Waals surface area contributed by atoms with Gasteiger partial charge >= 0.3 is 0 Å². The molecule has 5 rings (SSSR count). The third-order valence-corrected chi connectivity index (χ3v) is 7.52. The molecule has 3 heterocycles. The minimum Gasteiger partial charge on any atom is -0.399 e. The van der Waals surface area contributed by atoms with Gasteiger partial charge in [-0.05, 0) is 67.9 Å². The fraction of sp³-hybridized carbons (Fsp3) is 0.385. The normalized spacial score (nSPS) is 15.1. The van der Waals surface area contributed by atoms with Crippen molar-refractivity contribution in [3.63, 3.8) is 0 Å². The summed E-state index contributed by atoms with van der Waals surface area (Å²) in [5, 5.41) is 7.58. The number of aromatic nitrogens is 2. The molecule has 0 bridgehead atoms. The van der Waals surface area contributed by atoms with Crippen molar-refractivity contribution in [3.05, 3.63) is 51.2 Å². The topological polar surface area (TPSA) is 107 Å². The van der Waals surface area contributed by atoms with Crippen LogP contribution in [0.3, 0.4) is 0 Å². The molecule has 2 aliphatic heterocycles. The second-order valence-corrected chi connectivity index (χ2v) is 11.1. The molecular weight excluding hydrogens is 589 g/mol. The van der Waals surface area contributed by atoms with Crippen LogP contribution in [0, 0.1) is 0 Å². The molecule has 0 fully saturated rings. The summed E-state index contributed by atoms with van der Waals surface area (Å²) >= 11 is 15.9. The van der Waals surface area contributed by atoms with E-state index in [0.717, 1.165) is 59.3 Å². The first-order valence-corrected chi connectivity index (χ1v) is 14.0. The number of nitrogens with one attached hydrogen (secondary N) is 2. The van der Waals surface area contributed by atoms with Crippen molar-refractivity contribution in [1.29, 1.82) is 0 Å². The zero-order valence-corrected chi connectivity index (χ0v) is 24.9. The van der Waals surface area contributed by atoms with Crippen molar-refractivity contribution in [1.82, 2.24) is 19.8 Å². The Morgan fingerprint density at radius 2 is 1.42 bits per heavy atom. The predicted octanol–water partition coefficient (Wildman–Crippen LogP) is 5.95. The number of nitrogen functional groups attached to an aromatic ring is 1. The lowest BCUT2D eigenvalue weighted by molar-refractivity contribution is 0.379. The summed E-state index contributed by atoms with van der Waals surface area (Å²) in [5.74, 6) is 1.72. The van der Waals surface area contributed by atoms with Crippen molar-refractivity contribution in [2.45, 2.75) is 39.8 Å². The lowest BCUT2D eigenvalue weighted by atomic mass is 10.2. The zero-order chi connectivity index (χ0) is 27.4. The molecule has 0 spiro atoms. The quantitative estimate of drug-likeness (QED) is 0.309. The summed E-state index contributed by atoms with van der Waals surface area (Å²) in [6.07, 6.45) is 3.40. The SMILES string of the molecule is CC(C)N1CCN=C1Nc1c(Cl)cc(N)cc1Cl.CC(C)N1CCN=C1Nc1ccc2nccnc2c1Br. The molecule has 2 aromatic carbocycles. The Morgan fingerprint density at radius 1 is 0.868 bits per heavy atom. The van der Waals surface area contributed by atoms with E-state index in [0.29, 0.717) is 33.5 Å². The smallest absolute Gasteiger partial charge is 0.198 e. The van der Waals surface area contributed by atoms with Crippen LogP contribution in [0.2, 0.25) is 10.0 Å². The number of rotatable bonds is 4. The molecule has 0 aliphatic carbocycles. The van der Waals surface area contributed by atoms with Gasteiger partial charge in [0.05, 0.1) is 44.5 Å². The Hall–Kier alpha value is -2.82. The number of anilines is 3. The highest BCUT2D eigenvalue weighted by Gasteiger charge is 2.22. The Labute approximate surface area is 241 Å². The number of hydrogen-bond acceptors (Lipinski definition) is 9. The van der Waals surface area contributed by atoms with E-state index in [1.165, 1.54) is 0 Å². The first-order chi connectivity index (χ1) is 18.2. The highest BCUT2D eigenvalue weighted by Crippen LogP contribution is 2.33. The Balaban J connectivity index is 0.000000178. The van der Waals surface area contributed by atoms with E-state index in [9.17, 15) is 0 Å². The van der Waals surface area contributed by atoms with Gasteiger partial charge in [0.2, 0.25) is 0 Å². The third-order valence-electron chi connectivity index (χ3n) is 6.12. The van der Waals surface area contributed by atoms with Crippen LogP contribution in [0.5, 0.6) is 0 Å². The molecule has 0 saturated heterocycles. The summed E-state index contributed by atoms with van der Waals surface area (Å²) in [6, 6.07) is 8.12. The van der Waals surface area contributed by atoms with Crippen LogP contribution in [0.25, 0.3) is 11.0 Å². The van der Waals surface area contributed by atoms with E-state index in [1.807, 2.05) is 12.1 Å². The Kier molecular flexibility index (Phi) is 9.17. The molecule has 0 saturated carbocycles. The van der Waals surface area contributed by atoms with Gasteiger partial charge in [-0.25, -0.2) is 0 Å². The molecule has 202 valence electrons. The number of hydrogen-bond donors (Lipinski definition) is 3. The lowest BCUT2D eigenvalue weighted by Gasteiger charge is -2.25. The number of nitrogens with two attached hydrogens (primary N) is 1. The molecule has 0 unspecified atom stereocenters. The van der Waals surface area contributed by atoms with E-state index in [4.69, 9.17) is 28.9 Å². The largest absolute Gasteiger partial charge is 0.399 e. The molecule has 4 N–H and O–H groups in total. The minimum absolute atomic E-state index is 0.380. The van der Waals surface area contributed by atoms with Gasteiger partial charge in [0.15, 0.2) is 11.9 Å². The van der Waals surface area contributed by atoms with E-state index >= 15 is 0 Å². The van der Waals surface area contributed by atoms with Gasteiger partial charge in [0, 0.05) is 43.3 Å². The van der Waals surface area contributed by atoms with Crippen LogP contribution < -0.4 is 16.4 Å². The zero-order valence-electron chi connectivity index (χ0n) is 21.8. The van der Waals surface area contributed by atoms with E-state index < -0.39 is 0 Å². The van der Waals surface area contributed by atoms with Crippen LogP contribution in [0.1, 0.15) is 27.7 Å². The van der Waals surface area contributed by atoms with Gasteiger partial charge in [-0.3, -0.25) is 20.0 Å². The highest BCUT2D eigenvalue weighted by atomic mass is 79.9. The van der Waals surface area contributed by atoms with E-state index in [-0.39, 0.29) is 0 Å². The number of benzene rings is 2. The third kappa shape index (κ3) is 6.42. The number of nitrogens with zero attached hydrogens (tertiary/aromatic N) is 6. The number of guanidine groups is 2. The molecule has 9 nitrogen and oxygen atoms in total. The molecular formula is C26H32BrCl2N9. The maximum absolute atomic E-state index is 6.14. The van der Waals surface area contributed by atoms with Crippen LogP contribution in [-0.4, -0.2) is 69.9 Å². The predicted molar refractivity (Wildman–Crippen MR) is 164 cm³/mol. The van der Waals surface area contributed by atoms with Gasteiger partial charge in [0.25, 0.3) is 0 Å². The monoisotopic (exact) mass is 619 g/mol. The molecule has 12 heteroatoms. The van der Waals surface area contributed by atoms with Crippen molar-refractivity contribution in [3.8, 4) is 0 Å². The van der Waals surface area contributed by atoms with E-state index in [2.05, 4.69) is 84.0 Å². The highest BCUT2D eigenvalue weighted by molar-refractivity contribution is 9.10. The number of halogens is 3. The van der Waals surface area contributed by atoms with E-state index in [1.54, 1.807) is 24.5 Å². The Bertz CT molecular complexity index is 1340. The van der Waals surface area contributed by atoms with Gasteiger partial charge in [0.1, 0.15) is 5.52 Å². The second-order valence-electron chi connectivity index (χ2n) is 9.45. The molecule has 0 radical (unpaired) electrons. The summed E-state index contributed by atoms with van der Waals surface area (Å²) in [7, 11) is 0. The number of fused-ring (bicyclic) bond motifs is 1. The average molecular weight is 621 g/mol. The van der Waals surface area contributed by atoms with Gasteiger partial charge < -0.3 is 26.2 Å². The summed E-state index contributed by atoms with van der Waals surface area (Å²) < 4.78 is 0.918. The van der Waals surface area contributed by atoms with Crippen molar-refractivity contribution in [2.24, 2.45) is 9.98 Å². The fourth-order valence-corrected chi connectivity index (χ4v) is 5.33. The van der Waals surface area contributed by atoms with Crippen molar-refractivity contribution < 1.29 is 0 Å². The fourth-order valence-electron chi connectivity index (χ4n) is 4.19. The molecule has 0 amide bonds. The van der Waals surface area contributed by atoms with Crippen LogP contribution in [0.15, 0.2) is 51.1 Å². The maximum Gasteiger partial charge on any atom is 0.198 e. The molecule has 1 aromatic heterocycles. The molecule has 2 aliphatic rings. The van der Waals surface area contributed by atoms with Gasteiger partial charge in [-0.1, -0.05) is 23.2 Å². The molecule has 0 atom stereocenters. The van der Waals surface area contributed by atoms with Crippen LogP contribution >= 0.6 is 39.1 Å². The second kappa shape index (κ2) is 12.4. The van der Waals surface area contributed by atoms with Crippen molar-refractivity contribution in [2.75, 3.05) is 42.5 Å². The standard InChI is InChI=1S/C14H16BrN5.C12H16Cl2N4/c1-9(2)20-8-7-18-14(20)19-10-3-4-11-13(12(10)15)17-6-5-16-11;1-7(2)18-4-3-16-12(18)17-11-9(13)5-8(15)6-10(11)14/h3-6,9H,7-8H2,1-2H3,(H,18,19);5-7H,3-4,15H2,1-2H3,(H,16,17). The van der Waals surface area contributed by atoms with Crippen LogP contribution in [-0.2, 0) is 0 Å².